The van der Waals surface area contributed by atoms with Crippen molar-refractivity contribution < 1.29 is 9.47 Å². The van der Waals surface area contributed by atoms with Crippen molar-refractivity contribution in [2.24, 2.45) is 0 Å². The Hall–Kier alpha value is -1.46. The van der Waals surface area contributed by atoms with E-state index < -0.39 is 0 Å². The summed E-state index contributed by atoms with van der Waals surface area (Å²) in [6.45, 7) is 8.14. The molecular formula is C18H27N3O2. The van der Waals surface area contributed by atoms with E-state index in [0.717, 1.165) is 43.7 Å². The van der Waals surface area contributed by atoms with Gasteiger partial charge in [-0.3, -0.25) is 4.90 Å². The van der Waals surface area contributed by atoms with Gasteiger partial charge < -0.3 is 19.7 Å². The van der Waals surface area contributed by atoms with E-state index in [1.807, 2.05) is 6.07 Å². The van der Waals surface area contributed by atoms with Gasteiger partial charge in [0.1, 0.15) is 13.2 Å². The SMILES string of the molecule is c1cc2c(c(N3CCN(CC[C@H]4CCCN4)CC3)c1)OCCO2. The monoisotopic (exact) mass is 317 g/mol. The number of para-hydroxylation sites is 1. The lowest BCUT2D eigenvalue weighted by molar-refractivity contribution is 0.171. The van der Waals surface area contributed by atoms with Crippen molar-refractivity contribution in [2.45, 2.75) is 25.3 Å². The average molecular weight is 317 g/mol. The van der Waals surface area contributed by atoms with E-state index in [2.05, 4.69) is 27.2 Å². The molecule has 0 radical (unpaired) electrons. The molecule has 0 aliphatic carbocycles. The minimum absolute atomic E-state index is 0.651. The summed E-state index contributed by atoms with van der Waals surface area (Å²) >= 11 is 0. The van der Waals surface area contributed by atoms with Crippen LogP contribution < -0.4 is 19.7 Å². The molecule has 1 N–H and O–H groups in total. The molecule has 5 heteroatoms. The molecule has 0 aromatic heterocycles. The van der Waals surface area contributed by atoms with Gasteiger partial charge >= 0.3 is 0 Å². The van der Waals surface area contributed by atoms with Crippen molar-refractivity contribution in [1.82, 2.24) is 10.2 Å². The number of ether oxygens (including phenoxy) is 2. The van der Waals surface area contributed by atoms with Crippen LogP contribution in [-0.2, 0) is 0 Å². The zero-order valence-corrected chi connectivity index (χ0v) is 13.8. The van der Waals surface area contributed by atoms with Crippen molar-refractivity contribution in [3.63, 3.8) is 0 Å². The van der Waals surface area contributed by atoms with E-state index in [4.69, 9.17) is 9.47 Å². The smallest absolute Gasteiger partial charge is 0.184 e. The maximum atomic E-state index is 5.86. The van der Waals surface area contributed by atoms with Gasteiger partial charge in [0, 0.05) is 32.2 Å². The first-order valence-corrected chi connectivity index (χ1v) is 8.99. The molecule has 0 saturated carbocycles. The molecule has 4 rings (SSSR count). The maximum Gasteiger partial charge on any atom is 0.184 e. The van der Waals surface area contributed by atoms with E-state index in [-0.39, 0.29) is 0 Å². The lowest BCUT2D eigenvalue weighted by atomic mass is 10.1. The predicted molar refractivity (Wildman–Crippen MR) is 91.7 cm³/mol. The van der Waals surface area contributed by atoms with Crippen molar-refractivity contribution in [2.75, 3.05) is 57.4 Å². The number of piperazine rings is 1. The minimum Gasteiger partial charge on any atom is -0.486 e. The van der Waals surface area contributed by atoms with Gasteiger partial charge in [0.05, 0.1) is 5.69 Å². The van der Waals surface area contributed by atoms with Gasteiger partial charge in [0.2, 0.25) is 0 Å². The highest BCUT2D eigenvalue weighted by molar-refractivity contribution is 5.65. The average Bonchev–Trinajstić information content (AvgIpc) is 3.14. The molecule has 3 aliphatic rings. The first-order chi connectivity index (χ1) is 11.4. The molecular weight excluding hydrogens is 290 g/mol. The van der Waals surface area contributed by atoms with Gasteiger partial charge in [-0.2, -0.15) is 0 Å². The Morgan fingerprint density at radius 2 is 1.96 bits per heavy atom. The van der Waals surface area contributed by atoms with E-state index in [0.29, 0.717) is 13.2 Å². The summed E-state index contributed by atoms with van der Waals surface area (Å²) in [4.78, 5) is 5.04. The van der Waals surface area contributed by atoms with Crippen LogP contribution in [0.1, 0.15) is 19.3 Å². The summed E-state index contributed by atoms with van der Waals surface area (Å²) in [7, 11) is 0. The Morgan fingerprint density at radius 1 is 1.09 bits per heavy atom. The second-order valence-electron chi connectivity index (χ2n) is 6.71. The lowest BCUT2D eigenvalue weighted by Gasteiger charge is -2.37. The number of nitrogens with zero attached hydrogens (tertiary/aromatic N) is 2. The topological polar surface area (TPSA) is 37.0 Å². The molecule has 3 heterocycles. The third kappa shape index (κ3) is 3.40. The standard InChI is InChI=1S/C18H27N3O2/c1-4-16(18-17(5-1)22-13-14-23-18)21-11-9-20(10-12-21)8-6-15-3-2-7-19-15/h1,4-5,15,19H,2-3,6-14H2/t15-/m1/s1. The normalized spacial score (nSPS) is 24.9. The molecule has 2 saturated heterocycles. The fraction of sp³-hybridized carbons (Fsp3) is 0.667. The molecule has 0 unspecified atom stereocenters. The number of rotatable bonds is 4. The van der Waals surface area contributed by atoms with Gasteiger partial charge in [-0.05, 0) is 44.5 Å². The van der Waals surface area contributed by atoms with E-state index in [1.165, 1.54) is 38.0 Å². The van der Waals surface area contributed by atoms with Crippen molar-refractivity contribution in [3.05, 3.63) is 18.2 Å². The molecule has 2 fully saturated rings. The number of hydrogen-bond acceptors (Lipinski definition) is 5. The Labute approximate surface area is 138 Å². The summed E-state index contributed by atoms with van der Waals surface area (Å²) in [5, 5.41) is 3.60. The second kappa shape index (κ2) is 6.97. The number of anilines is 1. The minimum atomic E-state index is 0.651. The summed E-state index contributed by atoms with van der Waals surface area (Å²) in [6, 6.07) is 6.98. The zero-order valence-electron chi connectivity index (χ0n) is 13.8. The van der Waals surface area contributed by atoms with Crippen LogP contribution in [0.5, 0.6) is 11.5 Å². The largest absolute Gasteiger partial charge is 0.486 e. The van der Waals surface area contributed by atoms with E-state index in [1.54, 1.807) is 0 Å². The van der Waals surface area contributed by atoms with Crippen LogP contribution in [-0.4, -0.2) is 63.4 Å². The Morgan fingerprint density at radius 3 is 2.78 bits per heavy atom. The third-order valence-electron chi connectivity index (χ3n) is 5.21. The van der Waals surface area contributed by atoms with Gasteiger partial charge in [-0.15, -0.1) is 0 Å². The molecule has 126 valence electrons. The van der Waals surface area contributed by atoms with Crippen LogP contribution in [0, 0.1) is 0 Å². The van der Waals surface area contributed by atoms with Crippen LogP contribution in [0.4, 0.5) is 5.69 Å². The fourth-order valence-corrected chi connectivity index (χ4v) is 3.86. The highest BCUT2D eigenvalue weighted by Gasteiger charge is 2.24. The first kappa shape index (κ1) is 15.1. The molecule has 1 aromatic carbocycles. The van der Waals surface area contributed by atoms with Crippen molar-refractivity contribution in [1.29, 1.82) is 0 Å². The highest BCUT2D eigenvalue weighted by atomic mass is 16.6. The van der Waals surface area contributed by atoms with Crippen LogP contribution in [0.2, 0.25) is 0 Å². The van der Waals surface area contributed by atoms with E-state index >= 15 is 0 Å². The van der Waals surface area contributed by atoms with Gasteiger partial charge in [0.15, 0.2) is 11.5 Å². The van der Waals surface area contributed by atoms with Gasteiger partial charge in [0.25, 0.3) is 0 Å². The second-order valence-corrected chi connectivity index (χ2v) is 6.71. The Balaban J connectivity index is 1.32. The van der Waals surface area contributed by atoms with Crippen LogP contribution in [0.25, 0.3) is 0 Å². The fourth-order valence-electron chi connectivity index (χ4n) is 3.86. The predicted octanol–water partition coefficient (Wildman–Crippen LogP) is 1.72. The summed E-state index contributed by atoms with van der Waals surface area (Å²) < 4.78 is 11.6. The highest BCUT2D eigenvalue weighted by Crippen LogP contribution is 2.39. The summed E-state index contributed by atoms with van der Waals surface area (Å²) in [6.07, 6.45) is 3.99. The Kier molecular flexibility index (Phi) is 4.57. The number of nitrogens with one attached hydrogen (secondary N) is 1. The summed E-state index contributed by atoms with van der Waals surface area (Å²) in [5.74, 6) is 1.82. The molecule has 1 atom stereocenters. The molecule has 0 spiro atoms. The molecule has 0 amide bonds. The number of fused-ring (bicyclic) bond motifs is 1. The van der Waals surface area contributed by atoms with Gasteiger partial charge in [-0.1, -0.05) is 6.07 Å². The Bertz CT molecular complexity index is 523. The molecule has 3 aliphatic heterocycles. The van der Waals surface area contributed by atoms with Crippen molar-refractivity contribution >= 4 is 5.69 Å². The van der Waals surface area contributed by atoms with E-state index in [9.17, 15) is 0 Å². The van der Waals surface area contributed by atoms with Crippen LogP contribution in [0.3, 0.4) is 0 Å². The van der Waals surface area contributed by atoms with Gasteiger partial charge in [-0.25, -0.2) is 0 Å². The third-order valence-corrected chi connectivity index (χ3v) is 5.21. The molecule has 1 aromatic rings. The molecule has 0 bridgehead atoms. The molecule has 23 heavy (non-hydrogen) atoms. The maximum absolute atomic E-state index is 5.86. The number of benzene rings is 1. The molecule has 5 nitrogen and oxygen atoms in total. The van der Waals surface area contributed by atoms with Crippen LogP contribution >= 0.6 is 0 Å². The quantitative estimate of drug-likeness (QED) is 0.915. The zero-order chi connectivity index (χ0) is 15.5. The first-order valence-electron chi connectivity index (χ1n) is 8.99. The number of hydrogen-bond donors (Lipinski definition) is 1. The lowest BCUT2D eigenvalue weighted by Crippen LogP contribution is -2.47. The van der Waals surface area contributed by atoms with Crippen molar-refractivity contribution in [3.8, 4) is 11.5 Å². The summed E-state index contributed by atoms with van der Waals surface area (Å²) in [5.41, 5.74) is 1.19. The van der Waals surface area contributed by atoms with Crippen LogP contribution in [0.15, 0.2) is 18.2 Å².